The molecule has 2 aliphatic rings. The van der Waals surface area contributed by atoms with Gasteiger partial charge in [0.2, 0.25) is 0 Å². The summed E-state index contributed by atoms with van der Waals surface area (Å²) in [4.78, 5) is 0. The summed E-state index contributed by atoms with van der Waals surface area (Å²) in [6, 6.07) is 0.138. The molecular formula is C15H31N3O2S. The van der Waals surface area contributed by atoms with Gasteiger partial charge < -0.3 is 5.32 Å². The lowest BCUT2D eigenvalue weighted by atomic mass is 9.98. The van der Waals surface area contributed by atoms with E-state index in [0.29, 0.717) is 24.9 Å². The van der Waals surface area contributed by atoms with Crippen LogP contribution < -0.4 is 10.0 Å². The molecule has 5 nitrogen and oxygen atoms in total. The normalized spacial score (nSPS) is 29.0. The molecule has 0 radical (unpaired) electrons. The van der Waals surface area contributed by atoms with E-state index < -0.39 is 10.2 Å². The number of nitrogens with zero attached hydrogens (tertiary/aromatic N) is 1. The molecule has 1 saturated heterocycles. The smallest absolute Gasteiger partial charge is 0.279 e. The molecule has 124 valence electrons. The highest BCUT2D eigenvalue weighted by Crippen LogP contribution is 2.26. The molecule has 1 saturated carbocycles. The van der Waals surface area contributed by atoms with Crippen LogP contribution in [-0.2, 0) is 10.2 Å². The fourth-order valence-corrected chi connectivity index (χ4v) is 5.00. The maximum atomic E-state index is 12.5. The Morgan fingerprint density at radius 2 is 1.86 bits per heavy atom. The minimum atomic E-state index is -3.29. The summed E-state index contributed by atoms with van der Waals surface area (Å²) >= 11 is 0. The Labute approximate surface area is 130 Å². The van der Waals surface area contributed by atoms with E-state index in [0.717, 1.165) is 51.6 Å². The Morgan fingerprint density at radius 3 is 2.43 bits per heavy atom. The van der Waals surface area contributed by atoms with Gasteiger partial charge in [0.1, 0.15) is 0 Å². The van der Waals surface area contributed by atoms with Gasteiger partial charge >= 0.3 is 0 Å². The van der Waals surface area contributed by atoms with Gasteiger partial charge in [-0.1, -0.05) is 20.3 Å². The largest absolute Gasteiger partial charge is 0.316 e. The first kappa shape index (κ1) is 17.2. The number of hydrogen-bond acceptors (Lipinski definition) is 3. The molecule has 1 heterocycles. The summed E-state index contributed by atoms with van der Waals surface area (Å²) in [6.45, 7) is 7.71. The first-order valence-corrected chi connectivity index (χ1v) is 9.95. The second-order valence-electron chi connectivity index (χ2n) is 6.68. The number of piperidine rings is 1. The van der Waals surface area contributed by atoms with E-state index in [9.17, 15) is 8.42 Å². The fraction of sp³-hybridized carbons (Fsp3) is 1.00. The predicted molar refractivity (Wildman–Crippen MR) is 86.3 cm³/mol. The van der Waals surface area contributed by atoms with Crippen molar-refractivity contribution in [2.45, 2.75) is 58.4 Å². The molecule has 0 aromatic carbocycles. The van der Waals surface area contributed by atoms with Crippen LogP contribution in [0.4, 0.5) is 0 Å². The van der Waals surface area contributed by atoms with E-state index in [1.807, 2.05) is 0 Å². The van der Waals surface area contributed by atoms with Gasteiger partial charge in [-0.25, -0.2) is 0 Å². The molecule has 1 aliphatic carbocycles. The quantitative estimate of drug-likeness (QED) is 0.703. The Kier molecular flexibility index (Phi) is 6.47. The Morgan fingerprint density at radius 1 is 1.14 bits per heavy atom. The number of rotatable bonds is 7. The van der Waals surface area contributed by atoms with Crippen molar-refractivity contribution in [2.75, 3.05) is 26.2 Å². The van der Waals surface area contributed by atoms with E-state index in [1.165, 1.54) is 0 Å². The molecule has 0 spiro atoms. The highest BCUT2D eigenvalue weighted by Gasteiger charge is 2.32. The maximum absolute atomic E-state index is 12.5. The third-order valence-corrected chi connectivity index (χ3v) is 6.58. The van der Waals surface area contributed by atoms with Crippen molar-refractivity contribution in [3.8, 4) is 0 Å². The van der Waals surface area contributed by atoms with Crippen LogP contribution in [0.1, 0.15) is 52.4 Å². The third-order valence-electron chi connectivity index (χ3n) is 4.93. The van der Waals surface area contributed by atoms with Crippen molar-refractivity contribution in [1.29, 1.82) is 0 Å². The molecule has 2 unspecified atom stereocenters. The third kappa shape index (κ3) is 4.91. The summed E-state index contributed by atoms with van der Waals surface area (Å²) in [5.74, 6) is 1.09. The van der Waals surface area contributed by atoms with Crippen molar-refractivity contribution in [2.24, 2.45) is 11.8 Å². The molecule has 2 fully saturated rings. The van der Waals surface area contributed by atoms with E-state index in [4.69, 9.17) is 0 Å². The second-order valence-corrected chi connectivity index (χ2v) is 8.39. The number of nitrogens with one attached hydrogen (secondary N) is 2. The predicted octanol–water partition coefficient (Wildman–Crippen LogP) is 1.72. The molecule has 0 aromatic rings. The lowest BCUT2D eigenvalue weighted by Crippen LogP contribution is -2.49. The average Bonchev–Trinajstić information content (AvgIpc) is 2.84. The lowest BCUT2D eigenvalue weighted by Gasteiger charge is -2.32. The minimum absolute atomic E-state index is 0.138. The monoisotopic (exact) mass is 317 g/mol. The van der Waals surface area contributed by atoms with Gasteiger partial charge in [0.05, 0.1) is 0 Å². The van der Waals surface area contributed by atoms with Crippen LogP contribution in [0.25, 0.3) is 0 Å². The highest BCUT2D eigenvalue weighted by atomic mass is 32.2. The van der Waals surface area contributed by atoms with Crippen molar-refractivity contribution in [1.82, 2.24) is 14.3 Å². The second kappa shape index (κ2) is 7.90. The molecule has 21 heavy (non-hydrogen) atoms. The molecule has 1 aliphatic heterocycles. The molecular weight excluding hydrogens is 286 g/mol. The van der Waals surface area contributed by atoms with Crippen molar-refractivity contribution in [3.05, 3.63) is 0 Å². The van der Waals surface area contributed by atoms with Crippen LogP contribution in [0.5, 0.6) is 0 Å². The zero-order chi connectivity index (χ0) is 15.3. The van der Waals surface area contributed by atoms with E-state index in [-0.39, 0.29) is 6.04 Å². The zero-order valence-electron chi connectivity index (χ0n) is 13.5. The van der Waals surface area contributed by atoms with Gasteiger partial charge in [-0.05, 0) is 57.0 Å². The summed E-state index contributed by atoms with van der Waals surface area (Å²) < 4.78 is 29.5. The summed E-state index contributed by atoms with van der Waals surface area (Å²) in [7, 11) is -3.29. The van der Waals surface area contributed by atoms with E-state index >= 15 is 0 Å². The molecule has 2 atom stereocenters. The van der Waals surface area contributed by atoms with Gasteiger partial charge in [-0.15, -0.1) is 0 Å². The van der Waals surface area contributed by atoms with Crippen molar-refractivity contribution >= 4 is 10.2 Å². The van der Waals surface area contributed by atoms with E-state index in [1.54, 1.807) is 4.31 Å². The van der Waals surface area contributed by atoms with Crippen LogP contribution >= 0.6 is 0 Å². The van der Waals surface area contributed by atoms with Gasteiger partial charge in [0.25, 0.3) is 10.2 Å². The standard InChI is InChI=1S/C15H31N3O2S/c1-3-9-16-12-14-7-10-18(11-8-14)21(19,20)17-15-6-4-5-13(15)2/h13-17H,3-12H2,1-2H3. The molecule has 6 heteroatoms. The summed E-state index contributed by atoms with van der Waals surface area (Å²) in [5.41, 5.74) is 0. The summed E-state index contributed by atoms with van der Waals surface area (Å²) in [6.07, 6.45) is 6.35. The molecule has 2 N–H and O–H groups in total. The maximum Gasteiger partial charge on any atom is 0.279 e. The number of hydrogen-bond donors (Lipinski definition) is 2. The van der Waals surface area contributed by atoms with E-state index in [2.05, 4.69) is 23.9 Å². The lowest BCUT2D eigenvalue weighted by molar-refractivity contribution is 0.263. The van der Waals surface area contributed by atoms with Crippen LogP contribution in [0.3, 0.4) is 0 Å². The first-order chi connectivity index (χ1) is 10.0. The Hall–Kier alpha value is -0.170. The Balaban J connectivity index is 1.77. The zero-order valence-corrected chi connectivity index (χ0v) is 14.3. The van der Waals surface area contributed by atoms with Crippen molar-refractivity contribution < 1.29 is 8.42 Å². The van der Waals surface area contributed by atoms with Gasteiger partial charge in [0, 0.05) is 19.1 Å². The van der Waals surface area contributed by atoms with Crippen LogP contribution in [0.2, 0.25) is 0 Å². The molecule has 0 aromatic heterocycles. The molecule has 2 rings (SSSR count). The van der Waals surface area contributed by atoms with Crippen LogP contribution in [-0.4, -0.2) is 44.9 Å². The van der Waals surface area contributed by atoms with Gasteiger partial charge in [-0.2, -0.15) is 17.4 Å². The first-order valence-electron chi connectivity index (χ1n) is 8.51. The molecule has 0 bridgehead atoms. The van der Waals surface area contributed by atoms with Crippen molar-refractivity contribution in [3.63, 3.8) is 0 Å². The Bertz CT molecular complexity index is 405. The molecule has 0 amide bonds. The highest BCUT2D eigenvalue weighted by molar-refractivity contribution is 7.87. The van der Waals surface area contributed by atoms with Crippen LogP contribution in [0, 0.1) is 11.8 Å². The topological polar surface area (TPSA) is 61.4 Å². The summed E-state index contributed by atoms with van der Waals surface area (Å²) in [5, 5.41) is 3.44. The average molecular weight is 317 g/mol. The minimum Gasteiger partial charge on any atom is -0.316 e. The van der Waals surface area contributed by atoms with Gasteiger partial charge in [0.15, 0.2) is 0 Å². The SMILES string of the molecule is CCCNCC1CCN(S(=O)(=O)NC2CCCC2C)CC1. The van der Waals surface area contributed by atoms with Crippen LogP contribution in [0.15, 0.2) is 0 Å². The van der Waals surface area contributed by atoms with Gasteiger partial charge in [-0.3, -0.25) is 0 Å². The fourth-order valence-electron chi connectivity index (χ4n) is 3.42.